The molecule has 0 saturated carbocycles. The van der Waals surface area contributed by atoms with Crippen molar-refractivity contribution in [3.63, 3.8) is 0 Å². The third kappa shape index (κ3) is 1.29. The number of ketones is 1. The van der Waals surface area contributed by atoms with Crippen LogP contribution in [0.3, 0.4) is 0 Å². The Morgan fingerprint density at radius 2 is 2.10 bits per heavy atom. The smallest absolute Gasteiger partial charge is 0.204 e. The van der Waals surface area contributed by atoms with E-state index in [1.807, 2.05) is 0 Å². The van der Waals surface area contributed by atoms with Gasteiger partial charge in [0.05, 0.1) is 0 Å². The first-order valence-corrected chi connectivity index (χ1v) is 2.92. The van der Waals surface area contributed by atoms with E-state index in [0.29, 0.717) is 5.71 Å². The molecule has 0 aromatic rings. The second kappa shape index (κ2) is 2.92. The maximum Gasteiger partial charge on any atom is 0.204 e. The largest absolute Gasteiger partial charge is 0.288 e. The van der Waals surface area contributed by atoms with Gasteiger partial charge in [0.2, 0.25) is 5.78 Å². The molecule has 50 valence electrons. The van der Waals surface area contributed by atoms with Gasteiger partial charge in [0.15, 0.2) is 0 Å². The molecule has 0 heterocycles. The zero-order valence-electron chi connectivity index (χ0n) is 5.45. The van der Waals surface area contributed by atoms with Crippen molar-refractivity contribution in [2.24, 2.45) is 4.99 Å². The molecule has 1 aliphatic rings. The number of carbonyl (C=O) groups excluding carboxylic acids is 1. The van der Waals surface area contributed by atoms with Crippen LogP contribution >= 0.6 is 0 Å². The third-order valence-electron chi connectivity index (χ3n) is 1.10. The molecule has 0 fully saturated rings. The quantitative estimate of drug-likeness (QED) is 0.495. The highest BCUT2D eigenvalue weighted by atomic mass is 16.1. The van der Waals surface area contributed by atoms with Gasteiger partial charge in [-0.1, -0.05) is 18.7 Å². The van der Waals surface area contributed by atoms with E-state index in [0.717, 1.165) is 0 Å². The number of nitrogens with zero attached hydrogens (tertiary/aromatic N) is 1. The summed E-state index contributed by atoms with van der Waals surface area (Å²) in [6.07, 6.45) is 7.94. The zero-order chi connectivity index (χ0) is 7.40. The van der Waals surface area contributed by atoms with E-state index >= 15 is 0 Å². The summed E-state index contributed by atoms with van der Waals surface area (Å²) >= 11 is 0. The minimum atomic E-state index is -0.0672. The minimum absolute atomic E-state index is 0.0672. The van der Waals surface area contributed by atoms with Crippen molar-refractivity contribution in [3.05, 3.63) is 37.1 Å². The van der Waals surface area contributed by atoms with Crippen LogP contribution in [0.5, 0.6) is 0 Å². The first-order chi connectivity index (χ1) is 4.84. The summed E-state index contributed by atoms with van der Waals surface area (Å²) in [6.45, 7) is 3.39. The lowest BCUT2D eigenvalue weighted by Crippen LogP contribution is -2.09. The van der Waals surface area contributed by atoms with Gasteiger partial charge in [-0.3, -0.25) is 9.79 Å². The summed E-state index contributed by atoms with van der Waals surface area (Å²) in [5, 5.41) is 0. The molecule has 0 aromatic heterocycles. The molecule has 0 N–H and O–H groups in total. The Balaban J connectivity index is 2.90. The van der Waals surface area contributed by atoms with Crippen LogP contribution in [0.4, 0.5) is 0 Å². The Kier molecular flexibility index (Phi) is 1.95. The average Bonchev–Trinajstić information content (AvgIpc) is 1.94. The SMILES string of the molecule is C=CN=C1C=CC=CC1=O. The lowest BCUT2D eigenvalue weighted by molar-refractivity contribution is -0.108. The number of hydrogen-bond donors (Lipinski definition) is 0. The standard InChI is InChI=1S/C8H7NO/c1-2-9-7-5-3-4-6-8(7)10/h2-6H,1H2. The summed E-state index contributed by atoms with van der Waals surface area (Å²) in [5.74, 6) is -0.0672. The van der Waals surface area contributed by atoms with Gasteiger partial charge >= 0.3 is 0 Å². The first-order valence-electron chi connectivity index (χ1n) is 2.92. The van der Waals surface area contributed by atoms with Crippen LogP contribution in [0.1, 0.15) is 0 Å². The molecule has 0 aromatic carbocycles. The van der Waals surface area contributed by atoms with Gasteiger partial charge in [0, 0.05) is 6.20 Å². The molecule has 0 unspecified atom stereocenters. The minimum Gasteiger partial charge on any atom is -0.288 e. The van der Waals surface area contributed by atoms with Crippen LogP contribution in [0.25, 0.3) is 0 Å². The van der Waals surface area contributed by atoms with Crippen LogP contribution in [0, 0.1) is 0 Å². The van der Waals surface area contributed by atoms with E-state index in [9.17, 15) is 4.79 Å². The van der Waals surface area contributed by atoms with E-state index in [2.05, 4.69) is 11.6 Å². The Hall–Kier alpha value is -1.44. The maximum atomic E-state index is 10.9. The van der Waals surface area contributed by atoms with E-state index < -0.39 is 0 Å². The number of aliphatic imine (C=N–C) groups is 1. The van der Waals surface area contributed by atoms with Gasteiger partial charge in [-0.05, 0) is 12.2 Å². The Morgan fingerprint density at radius 1 is 1.40 bits per heavy atom. The highest BCUT2D eigenvalue weighted by Crippen LogP contribution is 1.95. The number of carbonyl (C=O) groups is 1. The van der Waals surface area contributed by atoms with Crippen molar-refractivity contribution in [3.8, 4) is 0 Å². The molecule has 10 heavy (non-hydrogen) atoms. The summed E-state index contributed by atoms with van der Waals surface area (Å²) in [6, 6.07) is 0. The normalized spacial score (nSPS) is 20.0. The fraction of sp³-hybridized carbons (Fsp3) is 0. The number of hydrogen-bond acceptors (Lipinski definition) is 2. The van der Waals surface area contributed by atoms with Gasteiger partial charge in [-0.15, -0.1) is 0 Å². The highest BCUT2D eigenvalue weighted by molar-refractivity contribution is 6.48. The Labute approximate surface area is 59.3 Å². The van der Waals surface area contributed by atoms with E-state index in [4.69, 9.17) is 0 Å². The molecule has 0 aliphatic heterocycles. The van der Waals surface area contributed by atoms with Gasteiger partial charge in [0.25, 0.3) is 0 Å². The van der Waals surface area contributed by atoms with Crippen LogP contribution in [-0.2, 0) is 4.79 Å². The molecule has 0 saturated heterocycles. The Morgan fingerprint density at radius 3 is 2.70 bits per heavy atom. The van der Waals surface area contributed by atoms with Crippen molar-refractivity contribution in [1.29, 1.82) is 0 Å². The van der Waals surface area contributed by atoms with Crippen molar-refractivity contribution in [2.45, 2.75) is 0 Å². The van der Waals surface area contributed by atoms with Crippen LogP contribution in [-0.4, -0.2) is 11.5 Å². The molecule has 0 amide bonds. The van der Waals surface area contributed by atoms with Gasteiger partial charge in [0.1, 0.15) is 5.71 Å². The van der Waals surface area contributed by atoms with Crippen molar-refractivity contribution < 1.29 is 4.79 Å². The van der Waals surface area contributed by atoms with Crippen LogP contribution in [0.15, 0.2) is 42.1 Å². The molecule has 0 bridgehead atoms. The monoisotopic (exact) mass is 133 g/mol. The lowest BCUT2D eigenvalue weighted by atomic mass is 10.1. The second-order valence-corrected chi connectivity index (χ2v) is 1.78. The van der Waals surface area contributed by atoms with E-state index in [1.165, 1.54) is 12.3 Å². The lowest BCUT2D eigenvalue weighted by Gasteiger charge is -1.95. The predicted molar refractivity (Wildman–Crippen MR) is 40.9 cm³/mol. The van der Waals surface area contributed by atoms with Crippen LogP contribution < -0.4 is 0 Å². The molecule has 1 aliphatic carbocycles. The number of rotatable bonds is 1. The summed E-state index contributed by atoms with van der Waals surface area (Å²) < 4.78 is 0. The van der Waals surface area contributed by atoms with Crippen molar-refractivity contribution >= 4 is 11.5 Å². The van der Waals surface area contributed by atoms with E-state index in [1.54, 1.807) is 18.2 Å². The summed E-state index contributed by atoms with van der Waals surface area (Å²) in [5.41, 5.74) is 0.442. The molecule has 0 radical (unpaired) electrons. The fourth-order valence-corrected chi connectivity index (χ4v) is 0.662. The zero-order valence-corrected chi connectivity index (χ0v) is 5.45. The molecular formula is C8H7NO. The van der Waals surface area contributed by atoms with Gasteiger partial charge < -0.3 is 0 Å². The molecular weight excluding hydrogens is 126 g/mol. The van der Waals surface area contributed by atoms with Crippen LogP contribution in [0.2, 0.25) is 0 Å². The second-order valence-electron chi connectivity index (χ2n) is 1.78. The average molecular weight is 133 g/mol. The Bertz CT molecular complexity index is 246. The molecule has 1 rings (SSSR count). The summed E-state index contributed by atoms with van der Waals surface area (Å²) in [7, 11) is 0. The van der Waals surface area contributed by atoms with Crippen molar-refractivity contribution in [2.75, 3.05) is 0 Å². The molecule has 2 nitrogen and oxygen atoms in total. The molecule has 0 atom stereocenters. The summed E-state index contributed by atoms with van der Waals surface area (Å²) in [4.78, 5) is 14.6. The molecule has 2 heteroatoms. The number of allylic oxidation sites excluding steroid dienone is 4. The molecule has 0 spiro atoms. The third-order valence-corrected chi connectivity index (χ3v) is 1.10. The first kappa shape index (κ1) is 6.68. The van der Waals surface area contributed by atoms with Gasteiger partial charge in [-0.2, -0.15) is 0 Å². The van der Waals surface area contributed by atoms with E-state index in [-0.39, 0.29) is 5.78 Å². The fourth-order valence-electron chi connectivity index (χ4n) is 0.662. The topological polar surface area (TPSA) is 29.4 Å². The van der Waals surface area contributed by atoms with Gasteiger partial charge in [-0.25, -0.2) is 0 Å². The maximum absolute atomic E-state index is 10.9. The van der Waals surface area contributed by atoms with Crippen molar-refractivity contribution in [1.82, 2.24) is 0 Å². The highest BCUT2D eigenvalue weighted by Gasteiger charge is 2.04. The predicted octanol–water partition coefficient (Wildman–Crippen LogP) is 1.27.